The molecule has 2 fully saturated rings. The molecule has 0 saturated heterocycles. The molecular formula is C19H30N2. The van der Waals surface area contributed by atoms with Crippen molar-refractivity contribution in [3.63, 3.8) is 0 Å². The Balaban J connectivity index is 1.81. The molecule has 1 atom stereocenters. The summed E-state index contributed by atoms with van der Waals surface area (Å²) in [6, 6.07) is 7.26. The van der Waals surface area contributed by atoms with Crippen LogP contribution in [-0.2, 0) is 6.42 Å². The van der Waals surface area contributed by atoms with E-state index < -0.39 is 0 Å². The van der Waals surface area contributed by atoms with Gasteiger partial charge in [-0.3, -0.25) is 0 Å². The maximum absolute atomic E-state index is 6.23. The fourth-order valence-electron chi connectivity index (χ4n) is 3.11. The van der Waals surface area contributed by atoms with Gasteiger partial charge in [-0.2, -0.15) is 0 Å². The zero-order valence-corrected chi connectivity index (χ0v) is 13.6. The number of nitrogens with zero attached hydrogens (tertiary/aromatic N) is 1. The van der Waals surface area contributed by atoms with Crippen LogP contribution in [0.2, 0.25) is 0 Å². The quantitative estimate of drug-likeness (QED) is 0.785. The summed E-state index contributed by atoms with van der Waals surface area (Å²) in [6.45, 7) is 6.89. The molecule has 0 radical (unpaired) electrons. The first-order chi connectivity index (χ1) is 10.2. The van der Waals surface area contributed by atoms with E-state index in [0.29, 0.717) is 0 Å². The van der Waals surface area contributed by atoms with E-state index >= 15 is 0 Å². The van der Waals surface area contributed by atoms with Gasteiger partial charge in [-0.15, -0.1) is 0 Å². The highest BCUT2D eigenvalue weighted by atomic mass is 15.1. The Bertz CT molecular complexity index is 460. The Hall–Kier alpha value is -1.02. The van der Waals surface area contributed by atoms with E-state index in [2.05, 4.69) is 36.9 Å². The fraction of sp³-hybridized carbons (Fsp3) is 0.684. The number of hydrogen-bond acceptors (Lipinski definition) is 2. The standard InChI is InChI=1S/C19H30N2/c1-3-18(20)11-17-10-14(2)4-9-19(17)21(12-15-5-6-15)13-16-7-8-16/h4,9-10,15-16,18H,3,5-8,11-13,20H2,1-2H3. The van der Waals surface area contributed by atoms with Crippen LogP contribution < -0.4 is 10.6 Å². The minimum atomic E-state index is 0.286. The van der Waals surface area contributed by atoms with Crippen LogP contribution in [0, 0.1) is 18.8 Å². The lowest BCUT2D eigenvalue weighted by atomic mass is 9.99. The maximum Gasteiger partial charge on any atom is 0.0399 e. The highest BCUT2D eigenvalue weighted by molar-refractivity contribution is 5.55. The van der Waals surface area contributed by atoms with Crippen LogP contribution in [0.4, 0.5) is 5.69 Å². The average molecular weight is 286 g/mol. The van der Waals surface area contributed by atoms with Gasteiger partial charge in [-0.25, -0.2) is 0 Å². The summed E-state index contributed by atoms with van der Waals surface area (Å²) in [5.41, 5.74) is 10.5. The van der Waals surface area contributed by atoms with E-state index in [1.165, 1.54) is 55.6 Å². The molecule has 2 aliphatic carbocycles. The molecule has 2 nitrogen and oxygen atoms in total. The van der Waals surface area contributed by atoms with E-state index in [1.54, 1.807) is 0 Å². The molecule has 0 heterocycles. The molecule has 2 aliphatic rings. The third-order valence-corrected chi connectivity index (χ3v) is 4.93. The molecular weight excluding hydrogens is 256 g/mol. The maximum atomic E-state index is 6.23. The lowest BCUT2D eigenvalue weighted by Crippen LogP contribution is -2.30. The van der Waals surface area contributed by atoms with Gasteiger partial charge in [-0.1, -0.05) is 24.6 Å². The third-order valence-electron chi connectivity index (χ3n) is 4.93. The topological polar surface area (TPSA) is 29.3 Å². The van der Waals surface area contributed by atoms with Gasteiger partial charge in [0.2, 0.25) is 0 Å². The van der Waals surface area contributed by atoms with Gasteiger partial charge in [0.1, 0.15) is 0 Å². The summed E-state index contributed by atoms with van der Waals surface area (Å²) in [6.07, 6.45) is 7.78. The van der Waals surface area contributed by atoms with Crippen molar-refractivity contribution in [1.29, 1.82) is 0 Å². The smallest absolute Gasteiger partial charge is 0.0399 e. The summed E-state index contributed by atoms with van der Waals surface area (Å²) in [5, 5.41) is 0. The number of nitrogens with two attached hydrogens (primary N) is 1. The van der Waals surface area contributed by atoms with Crippen LogP contribution in [0.3, 0.4) is 0 Å². The van der Waals surface area contributed by atoms with E-state index in [4.69, 9.17) is 5.73 Å². The number of benzene rings is 1. The first-order valence-corrected chi connectivity index (χ1v) is 8.75. The van der Waals surface area contributed by atoms with Gasteiger partial charge in [0.25, 0.3) is 0 Å². The van der Waals surface area contributed by atoms with Crippen molar-refractivity contribution in [2.45, 2.75) is 58.4 Å². The number of aryl methyl sites for hydroxylation is 1. The molecule has 1 aromatic rings. The fourth-order valence-corrected chi connectivity index (χ4v) is 3.11. The van der Waals surface area contributed by atoms with Gasteiger partial charge in [0.05, 0.1) is 0 Å². The Labute approximate surface area is 129 Å². The van der Waals surface area contributed by atoms with Crippen molar-refractivity contribution in [3.8, 4) is 0 Å². The molecule has 0 aromatic heterocycles. The van der Waals surface area contributed by atoms with E-state index in [0.717, 1.165) is 24.7 Å². The third kappa shape index (κ3) is 4.23. The van der Waals surface area contributed by atoms with Crippen LogP contribution >= 0.6 is 0 Å². The predicted octanol–water partition coefficient (Wildman–Crippen LogP) is 3.90. The predicted molar refractivity (Wildman–Crippen MR) is 90.8 cm³/mol. The van der Waals surface area contributed by atoms with E-state index in [9.17, 15) is 0 Å². The first kappa shape index (κ1) is 14.9. The van der Waals surface area contributed by atoms with E-state index in [-0.39, 0.29) is 6.04 Å². The second kappa shape index (κ2) is 6.39. The molecule has 1 aromatic carbocycles. The number of hydrogen-bond donors (Lipinski definition) is 1. The van der Waals surface area contributed by atoms with Gasteiger partial charge < -0.3 is 10.6 Å². The summed E-state index contributed by atoms with van der Waals surface area (Å²) in [4.78, 5) is 2.67. The van der Waals surface area contributed by atoms with Gasteiger partial charge in [0, 0.05) is 24.8 Å². The van der Waals surface area contributed by atoms with Crippen molar-refractivity contribution in [2.75, 3.05) is 18.0 Å². The molecule has 2 saturated carbocycles. The Kier molecular flexibility index (Phi) is 4.54. The molecule has 1 unspecified atom stereocenters. The van der Waals surface area contributed by atoms with Crippen molar-refractivity contribution >= 4 is 5.69 Å². The lowest BCUT2D eigenvalue weighted by molar-refractivity contribution is 0.636. The SMILES string of the molecule is CCC(N)Cc1cc(C)ccc1N(CC1CC1)CC1CC1. The highest BCUT2D eigenvalue weighted by Crippen LogP contribution is 2.37. The van der Waals surface area contributed by atoms with Crippen LogP contribution in [0.15, 0.2) is 18.2 Å². The molecule has 116 valence electrons. The van der Waals surface area contributed by atoms with Crippen molar-refractivity contribution in [2.24, 2.45) is 17.6 Å². The minimum absolute atomic E-state index is 0.286. The molecule has 0 aliphatic heterocycles. The van der Waals surface area contributed by atoms with Crippen molar-refractivity contribution < 1.29 is 0 Å². The monoisotopic (exact) mass is 286 g/mol. The normalized spacial score (nSPS) is 19.6. The largest absolute Gasteiger partial charge is 0.371 e. The van der Waals surface area contributed by atoms with Crippen LogP contribution in [0.1, 0.15) is 50.2 Å². The van der Waals surface area contributed by atoms with Crippen molar-refractivity contribution in [1.82, 2.24) is 0 Å². The second-order valence-corrected chi connectivity index (χ2v) is 7.30. The summed E-state index contributed by atoms with van der Waals surface area (Å²) < 4.78 is 0. The molecule has 21 heavy (non-hydrogen) atoms. The molecule has 2 heteroatoms. The number of anilines is 1. The molecule has 2 N–H and O–H groups in total. The second-order valence-electron chi connectivity index (χ2n) is 7.30. The lowest BCUT2D eigenvalue weighted by Gasteiger charge is -2.28. The Morgan fingerprint density at radius 1 is 1.14 bits per heavy atom. The molecule has 0 bridgehead atoms. The summed E-state index contributed by atoms with van der Waals surface area (Å²) >= 11 is 0. The van der Waals surface area contributed by atoms with Crippen molar-refractivity contribution in [3.05, 3.63) is 29.3 Å². The summed E-state index contributed by atoms with van der Waals surface area (Å²) in [7, 11) is 0. The van der Waals surface area contributed by atoms with E-state index in [1.807, 2.05) is 0 Å². The summed E-state index contributed by atoms with van der Waals surface area (Å²) in [5.74, 6) is 1.88. The Morgan fingerprint density at radius 3 is 2.29 bits per heavy atom. The van der Waals surface area contributed by atoms with Gasteiger partial charge in [0.15, 0.2) is 0 Å². The van der Waals surface area contributed by atoms with Crippen LogP contribution in [0.5, 0.6) is 0 Å². The Morgan fingerprint density at radius 2 is 1.76 bits per heavy atom. The highest BCUT2D eigenvalue weighted by Gasteiger charge is 2.30. The van der Waals surface area contributed by atoms with Crippen LogP contribution in [-0.4, -0.2) is 19.1 Å². The van der Waals surface area contributed by atoms with Gasteiger partial charge in [-0.05, 0) is 68.9 Å². The molecule has 3 rings (SSSR count). The minimum Gasteiger partial charge on any atom is -0.371 e. The zero-order chi connectivity index (χ0) is 14.8. The molecule has 0 amide bonds. The average Bonchev–Trinajstić information content (AvgIpc) is 3.34. The first-order valence-electron chi connectivity index (χ1n) is 8.75. The van der Waals surface area contributed by atoms with Gasteiger partial charge >= 0.3 is 0 Å². The number of rotatable bonds is 8. The molecule has 0 spiro atoms. The zero-order valence-electron chi connectivity index (χ0n) is 13.6. The van der Waals surface area contributed by atoms with Crippen LogP contribution in [0.25, 0.3) is 0 Å².